The van der Waals surface area contributed by atoms with Gasteiger partial charge >= 0.3 is 0 Å². The highest BCUT2D eigenvalue weighted by Gasteiger charge is 2.09. The molecular weight excluding hydrogens is 252 g/mol. The maximum atomic E-state index is 5.33. The lowest BCUT2D eigenvalue weighted by Gasteiger charge is -2.19. The first-order valence-electron chi connectivity index (χ1n) is 6.93. The molecule has 0 aliphatic heterocycles. The van der Waals surface area contributed by atoms with E-state index >= 15 is 0 Å². The van der Waals surface area contributed by atoms with Gasteiger partial charge in [-0.2, -0.15) is 0 Å². The van der Waals surface area contributed by atoms with E-state index in [-0.39, 0.29) is 0 Å². The Morgan fingerprint density at radius 2 is 2.10 bits per heavy atom. The van der Waals surface area contributed by atoms with Crippen LogP contribution in [0.2, 0.25) is 0 Å². The number of hydrogen-bond donors (Lipinski definition) is 1. The molecule has 2 aromatic rings. The fourth-order valence-electron chi connectivity index (χ4n) is 2.00. The zero-order valence-electron chi connectivity index (χ0n) is 12.6. The number of nitrogens with one attached hydrogen (secondary N) is 1. The maximum Gasteiger partial charge on any atom is 0.134 e. The van der Waals surface area contributed by atoms with Crippen LogP contribution < -0.4 is 10.2 Å². The first kappa shape index (κ1) is 14.4. The summed E-state index contributed by atoms with van der Waals surface area (Å²) in [5.41, 5.74) is 1.17. The first-order valence-corrected chi connectivity index (χ1v) is 6.93. The highest BCUT2D eigenvalue weighted by molar-refractivity contribution is 5.49. The first-order chi connectivity index (χ1) is 9.60. The zero-order chi connectivity index (χ0) is 14.5. The van der Waals surface area contributed by atoms with Gasteiger partial charge in [-0.15, -0.1) is 0 Å². The van der Waals surface area contributed by atoms with Gasteiger partial charge in [-0.05, 0) is 26.3 Å². The highest BCUT2D eigenvalue weighted by atomic mass is 16.3. The third kappa shape index (κ3) is 3.50. The molecule has 0 aliphatic carbocycles. The van der Waals surface area contributed by atoms with E-state index in [0.717, 1.165) is 42.7 Å². The van der Waals surface area contributed by atoms with Gasteiger partial charge in [0.05, 0.1) is 6.26 Å². The maximum absolute atomic E-state index is 5.33. The quantitative estimate of drug-likeness (QED) is 0.877. The topological polar surface area (TPSA) is 54.2 Å². The van der Waals surface area contributed by atoms with E-state index in [4.69, 9.17) is 4.42 Å². The Bertz CT molecular complexity index is 565. The van der Waals surface area contributed by atoms with Crippen LogP contribution in [-0.4, -0.2) is 23.6 Å². The lowest BCUT2D eigenvalue weighted by molar-refractivity contribution is 0.529. The molecule has 0 fully saturated rings. The van der Waals surface area contributed by atoms with Gasteiger partial charge in [-0.25, -0.2) is 9.97 Å². The lowest BCUT2D eigenvalue weighted by atomic mass is 10.2. The molecule has 0 saturated heterocycles. The standard InChI is InChI=1S/C15H22N4O/c1-5-7-16-14-9-15(18-12(3)17-14)19(4)10-13-6-8-20-11(13)2/h6,8-9H,5,7,10H2,1-4H3,(H,16,17,18). The van der Waals surface area contributed by atoms with Gasteiger partial charge in [0.1, 0.15) is 23.2 Å². The van der Waals surface area contributed by atoms with Crippen LogP contribution in [0.4, 0.5) is 11.6 Å². The van der Waals surface area contributed by atoms with Crippen molar-refractivity contribution < 1.29 is 4.42 Å². The summed E-state index contributed by atoms with van der Waals surface area (Å²) in [4.78, 5) is 11.0. The molecule has 0 saturated carbocycles. The van der Waals surface area contributed by atoms with Crippen molar-refractivity contribution in [1.82, 2.24) is 9.97 Å². The second-order valence-corrected chi connectivity index (χ2v) is 4.94. The molecule has 2 rings (SSSR count). The van der Waals surface area contributed by atoms with Crippen molar-refractivity contribution >= 4 is 11.6 Å². The average Bonchev–Trinajstić information content (AvgIpc) is 2.81. The molecule has 0 radical (unpaired) electrons. The van der Waals surface area contributed by atoms with Crippen LogP contribution in [0.1, 0.15) is 30.5 Å². The van der Waals surface area contributed by atoms with Crippen molar-refractivity contribution in [3.8, 4) is 0 Å². The van der Waals surface area contributed by atoms with Crippen molar-refractivity contribution in [1.29, 1.82) is 0 Å². The Hall–Kier alpha value is -2.04. The Morgan fingerprint density at radius 1 is 1.30 bits per heavy atom. The van der Waals surface area contributed by atoms with E-state index in [2.05, 4.69) is 27.1 Å². The van der Waals surface area contributed by atoms with Crippen LogP contribution in [0, 0.1) is 13.8 Å². The van der Waals surface area contributed by atoms with E-state index in [1.165, 1.54) is 5.56 Å². The Morgan fingerprint density at radius 3 is 2.75 bits per heavy atom. The van der Waals surface area contributed by atoms with Crippen molar-refractivity contribution in [3.63, 3.8) is 0 Å². The van der Waals surface area contributed by atoms with Crippen LogP contribution in [-0.2, 0) is 6.54 Å². The molecule has 0 aromatic carbocycles. The molecule has 0 aliphatic rings. The minimum absolute atomic E-state index is 0.770. The molecule has 2 heterocycles. The van der Waals surface area contributed by atoms with E-state index in [1.807, 2.05) is 33.0 Å². The van der Waals surface area contributed by atoms with Crippen molar-refractivity contribution in [3.05, 3.63) is 35.5 Å². The summed E-state index contributed by atoms with van der Waals surface area (Å²) in [7, 11) is 2.03. The molecular formula is C15H22N4O. The van der Waals surface area contributed by atoms with Gasteiger partial charge in [0, 0.05) is 31.8 Å². The molecule has 0 unspecified atom stereocenters. The summed E-state index contributed by atoms with van der Waals surface area (Å²) in [5, 5.41) is 3.30. The smallest absolute Gasteiger partial charge is 0.134 e. The summed E-state index contributed by atoms with van der Waals surface area (Å²) >= 11 is 0. The SMILES string of the molecule is CCCNc1cc(N(C)Cc2ccoc2C)nc(C)n1. The van der Waals surface area contributed by atoms with Crippen LogP contribution >= 0.6 is 0 Å². The molecule has 0 spiro atoms. The summed E-state index contributed by atoms with van der Waals surface area (Å²) in [6.07, 6.45) is 2.79. The number of aryl methyl sites for hydroxylation is 2. The second-order valence-electron chi connectivity index (χ2n) is 4.94. The average molecular weight is 274 g/mol. The predicted octanol–water partition coefficient (Wildman–Crippen LogP) is 3.14. The molecule has 2 aromatic heterocycles. The summed E-state index contributed by atoms with van der Waals surface area (Å²) in [6.45, 7) is 7.71. The lowest BCUT2D eigenvalue weighted by Crippen LogP contribution is -2.19. The number of aromatic nitrogens is 2. The minimum atomic E-state index is 0.770. The second kappa shape index (κ2) is 6.41. The zero-order valence-corrected chi connectivity index (χ0v) is 12.6. The molecule has 0 bridgehead atoms. The largest absolute Gasteiger partial charge is 0.469 e. The third-order valence-electron chi connectivity index (χ3n) is 3.15. The van der Waals surface area contributed by atoms with Crippen LogP contribution in [0.15, 0.2) is 22.8 Å². The van der Waals surface area contributed by atoms with Gasteiger partial charge in [0.2, 0.25) is 0 Å². The fraction of sp³-hybridized carbons (Fsp3) is 0.467. The monoisotopic (exact) mass is 274 g/mol. The molecule has 0 amide bonds. The predicted molar refractivity (Wildman–Crippen MR) is 81.1 cm³/mol. The normalized spacial score (nSPS) is 10.6. The third-order valence-corrected chi connectivity index (χ3v) is 3.15. The van der Waals surface area contributed by atoms with Crippen molar-refractivity contribution in [2.24, 2.45) is 0 Å². The number of furan rings is 1. The molecule has 1 N–H and O–H groups in total. The molecule has 5 nitrogen and oxygen atoms in total. The number of nitrogens with zero attached hydrogens (tertiary/aromatic N) is 3. The van der Waals surface area contributed by atoms with Gasteiger partial charge in [-0.3, -0.25) is 0 Å². The van der Waals surface area contributed by atoms with Crippen molar-refractivity contribution in [2.45, 2.75) is 33.7 Å². The Kier molecular flexibility index (Phi) is 4.61. The van der Waals surface area contributed by atoms with Gasteiger partial charge in [0.25, 0.3) is 0 Å². The molecule has 5 heteroatoms. The Balaban J connectivity index is 2.14. The number of rotatable bonds is 6. The van der Waals surface area contributed by atoms with Crippen LogP contribution in [0.3, 0.4) is 0 Å². The van der Waals surface area contributed by atoms with E-state index in [1.54, 1.807) is 6.26 Å². The van der Waals surface area contributed by atoms with Gasteiger partial charge in [0.15, 0.2) is 0 Å². The van der Waals surface area contributed by atoms with Crippen LogP contribution in [0.25, 0.3) is 0 Å². The summed E-state index contributed by atoms with van der Waals surface area (Å²) in [5.74, 6) is 3.52. The van der Waals surface area contributed by atoms with Gasteiger partial charge < -0.3 is 14.6 Å². The Labute approximate surface area is 120 Å². The van der Waals surface area contributed by atoms with Crippen LogP contribution in [0.5, 0.6) is 0 Å². The van der Waals surface area contributed by atoms with E-state index < -0.39 is 0 Å². The summed E-state index contributed by atoms with van der Waals surface area (Å²) in [6, 6.07) is 3.98. The molecule has 0 atom stereocenters. The van der Waals surface area contributed by atoms with E-state index in [9.17, 15) is 0 Å². The fourth-order valence-corrected chi connectivity index (χ4v) is 2.00. The molecule has 108 valence electrons. The molecule has 20 heavy (non-hydrogen) atoms. The van der Waals surface area contributed by atoms with E-state index in [0.29, 0.717) is 0 Å². The minimum Gasteiger partial charge on any atom is -0.469 e. The summed E-state index contributed by atoms with van der Waals surface area (Å²) < 4.78 is 5.33. The number of anilines is 2. The highest BCUT2D eigenvalue weighted by Crippen LogP contribution is 2.18. The van der Waals surface area contributed by atoms with Gasteiger partial charge in [-0.1, -0.05) is 6.92 Å². The number of hydrogen-bond acceptors (Lipinski definition) is 5. The van der Waals surface area contributed by atoms with Crippen molar-refractivity contribution in [2.75, 3.05) is 23.8 Å².